The number of morpholine rings is 1. The average Bonchev–Trinajstić information content (AvgIpc) is 3.30. The van der Waals surface area contributed by atoms with Crippen molar-refractivity contribution in [2.45, 2.75) is 10.1 Å². The quantitative estimate of drug-likeness (QED) is 0.351. The van der Waals surface area contributed by atoms with Gasteiger partial charge >= 0.3 is 0 Å². The maximum Gasteiger partial charge on any atom is 0.256 e. The molecule has 0 saturated carbocycles. The van der Waals surface area contributed by atoms with Crippen LogP contribution < -0.4 is 5.32 Å². The zero-order chi connectivity index (χ0) is 24.2. The minimum Gasteiger partial charge on any atom is -0.378 e. The Morgan fingerprint density at radius 1 is 1.03 bits per heavy atom. The van der Waals surface area contributed by atoms with E-state index in [0.29, 0.717) is 48.9 Å². The van der Waals surface area contributed by atoms with Gasteiger partial charge in [0.25, 0.3) is 11.8 Å². The Morgan fingerprint density at radius 2 is 1.77 bits per heavy atom. The third kappa shape index (κ3) is 5.53. The number of rotatable bonds is 6. The van der Waals surface area contributed by atoms with Gasteiger partial charge in [-0.3, -0.25) is 9.59 Å². The molecule has 0 atom stereocenters. The second kappa shape index (κ2) is 10.6. The van der Waals surface area contributed by atoms with Crippen LogP contribution >= 0.6 is 23.1 Å². The van der Waals surface area contributed by atoms with Crippen molar-refractivity contribution in [2.24, 2.45) is 0 Å². The van der Waals surface area contributed by atoms with Crippen molar-refractivity contribution in [3.63, 3.8) is 0 Å². The highest BCUT2D eigenvalue weighted by Crippen LogP contribution is 2.33. The van der Waals surface area contributed by atoms with Gasteiger partial charge in [0.15, 0.2) is 4.34 Å². The largest absolute Gasteiger partial charge is 0.378 e. The number of thioether (sulfide) groups is 1. The third-order valence-electron chi connectivity index (χ3n) is 5.60. The average molecular weight is 508 g/mol. The van der Waals surface area contributed by atoms with Crippen molar-refractivity contribution in [3.05, 3.63) is 89.2 Å². The highest BCUT2D eigenvalue weighted by Gasteiger charge is 2.23. The molecule has 2 amide bonds. The maximum absolute atomic E-state index is 13.1. The molecule has 1 aromatic heterocycles. The lowest BCUT2D eigenvalue weighted by Gasteiger charge is -2.27. The van der Waals surface area contributed by atoms with Crippen molar-refractivity contribution in [1.82, 2.24) is 9.88 Å². The number of nitrogens with one attached hydrogen (secondary N) is 1. The predicted molar refractivity (Wildman–Crippen MR) is 137 cm³/mol. The summed E-state index contributed by atoms with van der Waals surface area (Å²) in [4.78, 5) is 32.5. The van der Waals surface area contributed by atoms with Crippen molar-refractivity contribution >= 4 is 50.8 Å². The Morgan fingerprint density at radius 3 is 2.54 bits per heavy atom. The Balaban J connectivity index is 1.29. The van der Waals surface area contributed by atoms with Crippen LogP contribution in [0.4, 0.5) is 10.1 Å². The van der Waals surface area contributed by atoms with Crippen LogP contribution in [0.1, 0.15) is 26.3 Å². The molecule has 1 aliphatic heterocycles. The van der Waals surface area contributed by atoms with Crippen molar-refractivity contribution in [1.29, 1.82) is 0 Å². The van der Waals surface area contributed by atoms with E-state index in [4.69, 9.17) is 4.74 Å². The van der Waals surface area contributed by atoms with Crippen LogP contribution in [-0.4, -0.2) is 48.0 Å². The normalized spacial score (nSPS) is 13.7. The summed E-state index contributed by atoms with van der Waals surface area (Å²) in [6.07, 6.45) is 0. The number of thiazole rings is 1. The number of carbonyl (C=O) groups is 2. The molecule has 1 fully saturated rings. The molecule has 5 rings (SSSR count). The van der Waals surface area contributed by atoms with Gasteiger partial charge in [-0.1, -0.05) is 36.0 Å². The molecule has 0 spiro atoms. The van der Waals surface area contributed by atoms with Crippen LogP contribution in [0.3, 0.4) is 0 Å². The summed E-state index contributed by atoms with van der Waals surface area (Å²) < 4.78 is 20.3. The Labute approximate surface area is 210 Å². The van der Waals surface area contributed by atoms with E-state index in [1.165, 1.54) is 23.5 Å². The molecule has 9 heteroatoms. The standard InChI is InChI=1S/C26H22FN3O3S2/c27-18-7-5-17(6-8-18)16-34-26-29-22-10-9-19(15-23(22)35-26)28-24(31)20-3-1-2-4-21(20)25(32)30-11-13-33-14-12-30/h1-10,15H,11-14,16H2,(H,28,31). The van der Waals surface area contributed by atoms with Crippen molar-refractivity contribution in [3.8, 4) is 0 Å². The van der Waals surface area contributed by atoms with Gasteiger partial charge in [-0.05, 0) is 48.0 Å². The molecule has 6 nitrogen and oxygen atoms in total. The summed E-state index contributed by atoms with van der Waals surface area (Å²) in [5, 5.41) is 2.92. The van der Waals surface area contributed by atoms with Crippen LogP contribution in [0, 0.1) is 5.82 Å². The minimum atomic E-state index is -0.336. The number of nitrogens with zero attached hydrogens (tertiary/aromatic N) is 2. The van der Waals surface area contributed by atoms with Gasteiger partial charge in [-0.15, -0.1) is 11.3 Å². The van der Waals surface area contributed by atoms with Crippen molar-refractivity contribution < 1.29 is 18.7 Å². The first-order chi connectivity index (χ1) is 17.1. The fraction of sp³-hybridized carbons (Fsp3) is 0.192. The number of aromatic nitrogens is 1. The molecule has 1 N–H and O–H groups in total. The summed E-state index contributed by atoms with van der Waals surface area (Å²) in [6.45, 7) is 2.02. The van der Waals surface area contributed by atoms with E-state index < -0.39 is 0 Å². The summed E-state index contributed by atoms with van der Waals surface area (Å²) in [5.74, 6) is -0.0596. The number of hydrogen-bond acceptors (Lipinski definition) is 6. The van der Waals surface area contributed by atoms with Crippen molar-refractivity contribution in [2.75, 3.05) is 31.6 Å². The van der Waals surface area contributed by atoms with E-state index >= 15 is 0 Å². The summed E-state index contributed by atoms with van der Waals surface area (Å²) in [5.41, 5.74) is 3.22. The van der Waals surface area contributed by atoms with Crippen LogP contribution in [0.15, 0.2) is 71.1 Å². The number of halogens is 1. The first kappa shape index (κ1) is 23.5. The monoisotopic (exact) mass is 507 g/mol. The maximum atomic E-state index is 13.1. The van der Waals surface area contributed by atoms with Gasteiger partial charge in [0.1, 0.15) is 5.82 Å². The first-order valence-corrected chi connectivity index (χ1v) is 12.9. The number of amides is 2. The lowest BCUT2D eigenvalue weighted by molar-refractivity contribution is 0.0302. The van der Waals surface area contributed by atoms with E-state index in [9.17, 15) is 14.0 Å². The van der Waals surface area contributed by atoms with Crippen LogP contribution in [0.2, 0.25) is 0 Å². The molecular formula is C26H22FN3O3S2. The van der Waals surface area contributed by atoms with Gasteiger partial charge in [-0.25, -0.2) is 9.37 Å². The number of benzene rings is 3. The highest BCUT2D eigenvalue weighted by molar-refractivity contribution is 8.00. The number of carbonyl (C=O) groups excluding carboxylic acids is 2. The molecule has 4 aromatic rings. The zero-order valence-corrected chi connectivity index (χ0v) is 20.3. The molecule has 1 saturated heterocycles. The Kier molecular flexibility index (Phi) is 7.08. The summed E-state index contributed by atoms with van der Waals surface area (Å²) >= 11 is 3.12. The van der Waals surface area contributed by atoms with E-state index in [2.05, 4.69) is 10.3 Å². The minimum absolute atomic E-state index is 0.167. The van der Waals surface area contributed by atoms with Crippen LogP contribution in [0.25, 0.3) is 10.2 Å². The predicted octanol–water partition coefficient (Wildman–Crippen LogP) is 5.45. The topological polar surface area (TPSA) is 71.5 Å². The zero-order valence-electron chi connectivity index (χ0n) is 18.7. The molecule has 0 radical (unpaired) electrons. The van der Waals surface area contributed by atoms with Crippen LogP contribution in [-0.2, 0) is 10.5 Å². The van der Waals surface area contributed by atoms with Gasteiger partial charge in [0.2, 0.25) is 0 Å². The molecule has 3 aromatic carbocycles. The number of fused-ring (bicyclic) bond motifs is 1. The van der Waals surface area contributed by atoms with E-state index in [0.717, 1.165) is 20.1 Å². The second-order valence-electron chi connectivity index (χ2n) is 7.98. The number of hydrogen-bond donors (Lipinski definition) is 1. The van der Waals surface area contributed by atoms with E-state index in [1.807, 2.05) is 12.1 Å². The molecule has 1 aliphatic rings. The Bertz CT molecular complexity index is 1370. The summed E-state index contributed by atoms with van der Waals surface area (Å²) in [6, 6.07) is 18.9. The fourth-order valence-electron chi connectivity index (χ4n) is 3.77. The molecule has 0 aliphatic carbocycles. The second-order valence-corrected chi connectivity index (χ2v) is 10.2. The highest BCUT2D eigenvalue weighted by atomic mass is 32.2. The fourth-order valence-corrected chi connectivity index (χ4v) is 5.84. The molecule has 178 valence electrons. The number of ether oxygens (including phenoxy) is 1. The molecule has 0 unspecified atom stereocenters. The smallest absolute Gasteiger partial charge is 0.256 e. The first-order valence-electron chi connectivity index (χ1n) is 11.1. The third-order valence-corrected chi connectivity index (χ3v) is 7.83. The van der Waals surface area contributed by atoms with Gasteiger partial charge in [-0.2, -0.15) is 0 Å². The summed E-state index contributed by atoms with van der Waals surface area (Å²) in [7, 11) is 0. The number of anilines is 1. The van der Waals surface area contributed by atoms with Gasteiger partial charge in [0.05, 0.1) is 34.6 Å². The van der Waals surface area contributed by atoms with Crippen LogP contribution in [0.5, 0.6) is 0 Å². The SMILES string of the molecule is O=C(Nc1ccc2nc(SCc3ccc(F)cc3)sc2c1)c1ccccc1C(=O)N1CCOCC1. The van der Waals surface area contributed by atoms with E-state index in [1.54, 1.807) is 59.1 Å². The molecular weight excluding hydrogens is 485 g/mol. The lowest BCUT2D eigenvalue weighted by atomic mass is 10.0. The molecule has 35 heavy (non-hydrogen) atoms. The van der Waals surface area contributed by atoms with Gasteiger partial charge in [0, 0.05) is 24.5 Å². The molecule has 2 heterocycles. The molecule has 0 bridgehead atoms. The van der Waals surface area contributed by atoms with Gasteiger partial charge < -0.3 is 15.0 Å². The Hall–Kier alpha value is -3.27. The lowest BCUT2D eigenvalue weighted by Crippen LogP contribution is -2.41. The van der Waals surface area contributed by atoms with E-state index in [-0.39, 0.29) is 17.6 Å².